The van der Waals surface area contributed by atoms with Gasteiger partial charge in [-0.25, -0.2) is 0 Å². The van der Waals surface area contributed by atoms with Gasteiger partial charge < -0.3 is 4.90 Å². The first-order valence-corrected chi connectivity index (χ1v) is 9.02. The van der Waals surface area contributed by atoms with Crippen LogP contribution in [0.15, 0.2) is 12.4 Å². The molecule has 2 aliphatic rings. The molecule has 24 heavy (non-hydrogen) atoms. The van der Waals surface area contributed by atoms with Crippen molar-refractivity contribution in [1.29, 1.82) is 0 Å². The third-order valence-corrected chi connectivity index (χ3v) is 5.31. The van der Waals surface area contributed by atoms with Crippen molar-refractivity contribution in [1.82, 2.24) is 24.7 Å². The summed E-state index contributed by atoms with van der Waals surface area (Å²) in [5, 5.41) is 0. The number of carbonyl (C=O) groups excluding carboxylic acids is 1. The third kappa shape index (κ3) is 4.11. The minimum absolute atomic E-state index is 0.205. The van der Waals surface area contributed by atoms with E-state index in [0.29, 0.717) is 12.0 Å². The maximum Gasteiger partial charge on any atom is 0.219 e. The van der Waals surface area contributed by atoms with Gasteiger partial charge in [-0.2, -0.15) is 0 Å². The lowest BCUT2D eigenvalue weighted by atomic mass is 10.0. The van der Waals surface area contributed by atoms with E-state index in [-0.39, 0.29) is 5.91 Å². The summed E-state index contributed by atoms with van der Waals surface area (Å²) < 4.78 is 0. The Hall–Kier alpha value is -1.53. The van der Waals surface area contributed by atoms with Gasteiger partial charge in [-0.15, -0.1) is 0 Å². The fourth-order valence-corrected chi connectivity index (χ4v) is 3.97. The summed E-state index contributed by atoms with van der Waals surface area (Å²) >= 11 is 0. The summed E-state index contributed by atoms with van der Waals surface area (Å²) in [7, 11) is 0. The average Bonchev–Trinajstić information content (AvgIpc) is 2.76. The second kappa shape index (κ2) is 7.57. The molecule has 132 valence electrons. The van der Waals surface area contributed by atoms with Gasteiger partial charge in [0.25, 0.3) is 0 Å². The molecule has 0 bridgehead atoms. The van der Waals surface area contributed by atoms with Crippen LogP contribution in [0.25, 0.3) is 0 Å². The van der Waals surface area contributed by atoms with Gasteiger partial charge >= 0.3 is 0 Å². The van der Waals surface area contributed by atoms with E-state index >= 15 is 0 Å². The van der Waals surface area contributed by atoms with Crippen molar-refractivity contribution >= 4 is 5.91 Å². The van der Waals surface area contributed by atoms with Crippen molar-refractivity contribution in [2.24, 2.45) is 5.92 Å². The maximum absolute atomic E-state index is 11.6. The molecule has 0 spiro atoms. The average molecular weight is 331 g/mol. The van der Waals surface area contributed by atoms with Crippen LogP contribution in [0.3, 0.4) is 0 Å². The molecule has 0 N–H and O–H groups in total. The smallest absolute Gasteiger partial charge is 0.219 e. The quantitative estimate of drug-likeness (QED) is 0.832. The lowest BCUT2D eigenvalue weighted by Gasteiger charge is -2.30. The van der Waals surface area contributed by atoms with E-state index < -0.39 is 0 Å². The van der Waals surface area contributed by atoms with E-state index in [4.69, 9.17) is 0 Å². The van der Waals surface area contributed by atoms with Crippen LogP contribution in [-0.4, -0.2) is 75.9 Å². The third-order valence-electron chi connectivity index (χ3n) is 5.31. The van der Waals surface area contributed by atoms with Crippen LogP contribution in [0, 0.1) is 12.8 Å². The molecule has 0 aromatic carbocycles. The summed E-state index contributed by atoms with van der Waals surface area (Å²) in [5.41, 5.74) is 2.01. The van der Waals surface area contributed by atoms with Gasteiger partial charge in [0.05, 0.1) is 11.4 Å². The highest BCUT2D eigenvalue weighted by Crippen LogP contribution is 2.24. The van der Waals surface area contributed by atoms with Gasteiger partial charge in [0, 0.05) is 71.2 Å². The zero-order valence-corrected chi connectivity index (χ0v) is 15.1. The summed E-state index contributed by atoms with van der Waals surface area (Å²) in [4.78, 5) is 27.5. The summed E-state index contributed by atoms with van der Waals surface area (Å²) in [6.45, 7) is 12.9. The zero-order valence-electron chi connectivity index (χ0n) is 15.1. The van der Waals surface area contributed by atoms with Gasteiger partial charge in [-0.3, -0.25) is 24.6 Å². The predicted molar refractivity (Wildman–Crippen MR) is 93.4 cm³/mol. The molecular weight excluding hydrogens is 302 g/mol. The molecule has 2 atom stereocenters. The second-order valence-electron chi connectivity index (χ2n) is 7.28. The first-order chi connectivity index (χ1) is 11.5. The van der Waals surface area contributed by atoms with Gasteiger partial charge in [0.15, 0.2) is 0 Å². The minimum atomic E-state index is 0.205. The SMILES string of the molecule is CC(=O)N1CCCN([C@@H]2CN(Cc3cnc(C)cn3)C[C@@H]2C)CC1. The standard InChI is InChI=1S/C18H29N5O/c1-14-11-21(12-17-10-19-15(2)9-20-17)13-18(14)23-6-4-5-22(7-8-23)16(3)24/h9-10,14,18H,4-8,11-13H2,1-3H3/t14-,18+/m0/s1. The lowest BCUT2D eigenvalue weighted by Crippen LogP contribution is -2.42. The maximum atomic E-state index is 11.6. The van der Waals surface area contributed by atoms with Crippen molar-refractivity contribution in [2.45, 2.75) is 39.8 Å². The highest BCUT2D eigenvalue weighted by atomic mass is 16.2. The Labute approximate surface area is 144 Å². The molecule has 0 unspecified atom stereocenters. The van der Waals surface area contributed by atoms with Gasteiger partial charge in [-0.1, -0.05) is 6.92 Å². The van der Waals surface area contributed by atoms with Crippen molar-refractivity contribution in [3.8, 4) is 0 Å². The van der Waals surface area contributed by atoms with Crippen LogP contribution in [0.2, 0.25) is 0 Å². The molecule has 0 radical (unpaired) electrons. The van der Waals surface area contributed by atoms with E-state index in [1.807, 2.05) is 24.2 Å². The number of likely N-dealkylation sites (tertiary alicyclic amines) is 1. The lowest BCUT2D eigenvalue weighted by molar-refractivity contribution is -0.128. The minimum Gasteiger partial charge on any atom is -0.342 e. The molecule has 6 heteroatoms. The number of hydrogen-bond donors (Lipinski definition) is 0. The second-order valence-corrected chi connectivity index (χ2v) is 7.28. The van der Waals surface area contributed by atoms with Gasteiger partial charge in [0.2, 0.25) is 5.91 Å². The van der Waals surface area contributed by atoms with Crippen LogP contribution < -0.4 is 0 Å². The molecule has 2 aliphatic heterocycles. The molecule has 0 saturated carbocycles. The van der Waals surface area contributed by atoms with E-state index in [0.717, 1.165) is 63.6 Å². The molecule has 1 aromatic rings. The Kier molecular flexibility index (Phi) is 5.46. The number of amides is 1. The number of nitrogens with zero attached hydrogens (tertiary/aromatic N) is 5. The first kappa shape index (κ1) is 17.3. The van der Waals surface area contributed by atoms with Crippen molar-refractivity contribution < 1.29 is 4.79 Å². The topological polar surface area (TPSA) is 52.6 Å². The van der Waals surface area contributed by atoms with E-state index in [2.05, 4.69) is 26.7 Å². The Morgan fingerprint density at radius 1 is 1.17 bits per heavy atom. The Balaban J connectivity index is 1.57. The Morgan fingerprint density at radius 2 is 2.00 bits per heavy atom. The van der Waals surface area contributed by atoms with E-state index in [1.54, 1.807) is 6.92 Å². The Bertz CT molecular complexity index is 561. The molecule has 1 amide bonds. The van der Waals surface area contributed by atoms with Crippen LogP contribution in [-0.2, 0) is 11.3 Å². The normalized spacial score (nSPS) is 26.5. The number of carbonyl (C=O) groups is 1. The zero-order chi connectivity index (χ0) is 17.1. The van der Waals surface area contributed by atoms with Crippen LogP contribution >= 0.6 is 0 Å². The molecule has 3 rings (SSSR count). The van der Waals surface area contributed by atoms with E-state index in [9.17, 15) is 4.79 Å². The molecule has 1 aromatic heterocycles. The molecular formula is C18H29N5O. The molecule has 2 fully saturated rings. The van der Waals surface area contributed by atoms with Crippen LogP contribution in [0.4, 0.5) is 0 Å². The predicted octanol–water partition coefficient (Wildman–Crippen LogP) is 1.16. The summed E-state index contributed by atoms with van der Waals surface area (Å²) in [6.07, 6.45) is 4.81. The van der Waals surface area contributed by atoms with Crippen molar-refractivity contribution in [3.05, 3.63) is 23.8 Å². The number of aryl methyl sites for hydroxylation is 1. The molecule has 2 saturated heterocycles. The van der Waals surface area contributed by atoms with Gasteiger partial charge in [-0.05, 0) is 19.3 Å². The fourth-order valence-electron chi connectivity index (χ4n) is 3.97. The summed E-state index contributed by atoms with van der Waals surface area (Å²) in [5.74, 6) is 0.850. The van der Waals surface area contributed by atoms with Gasteiger partial charge in [0.1, 0.15) is 0 Å². The highest BCUT2D eigenvalue weighted by Gasteiger charge is 2.34. The molecule has 3 heterocycles. The number of aromatic nitrogens is 2. The van der Waals surface area contributed by atoms with Crippen LogP contribution in [0.1, 0.15) is 31.7 Å². The van der Waals surface area contributed by atoms with Crippen molar-refractivity contribution in [2.75, 3.05) is 39.3 Å². The van der Waals surface area contributed by atoms with Crippen LogP contribution in [0.5, 0.6) is 0 Å². The number of hydrogen-bond acceptors (Lipinski definition) is 5. The highest BCUT2D eigenvalue weighted by molar-refractivity contribution is 5.73. The molecule has 0 aliphatic carbocycles. The number of rotatable bonds is 3. The monoisotopic (exact) mass is 331 g/mol. The summed E-state index contributed by atoms with van der Waals surface area (Å²) in [6, 6.07) is 0.579. The van der Waals surface area contributed by atoms with E-state index in [1.165, 1.54) is 0 Å². The Morgan fingerprint density at radius 3 is 2.71 bits per heavy atom. The fraction of sp³-hybridized carbons (Fsp3) is 0.722. The largest absolute Gasteiger partial charge is 0.342 e. The molecule has 6 nitrogen and oxygen atoms in total. The first-order valence-electron chi connectivity index (χ1n) is 9.02. The van der Waals surface area contributed by atoms with Crippen molar-refractivity contribution in [3.63, 3.8) is 0 Å².